The molecule has 1 saturated heterocycles. The number of hydrogen-bond donors (Lipinski definition) is 1. The molecule has 1 fully saturated rings. The average molecular weight is 158 g/mol. The Morgan fingerprint density at radius 1 is 1.73 bits per heavy atom. The van der Waals surface area contributed by atoms with Gasteiger partial charge in [-0.1, -0.05) is 0 Å². The van der Waals surface area contributed by atoms with E-state index in [0.717, 1.165) is 0 Å². The Morgan fingerprint density at radius 2 is 2.18 bits per heavy atom. The monoisotopic (exact) mass is 158 g/mol. The molecule has 1 N–H and O–H groups in total. The van der Waals surface area contributed by atoms with Gasteiger partial charge < -0.3 is 9.84 Å². The summed E-state index contributed by atoms with van der Waals surface area (Å²) >= 11 is 0. The Labute approximate surface area is 64.2 Å². The summed E-state index contributed by atoms with van der Waals surface area (Å²) in [5, 5.41) is 9.17. The first-order valence-corrected chi connectivity index (χ1v) is 3.37. The number of carbonyl (C=O) groups is 2. The zero-order chi connectivity index (χ0) is 8.65. The van der Waals surface area contributed by atoms with E-state index in [9.17, 15) is 9.59 Å². The molecular weight excluding hydrogens is 148 g/mol. The van der Waals surface area contributed by atoms with E-state index >= 15 is 0 Å². The van der Waals surface area contributed by atoms with Crippen molar-refractivity contribution in [2.24, 2.45) is 0 Å². The first-order chi connectivity index (χ1) is 4.91. The predicted molar refractivity (Wildman–Crippen MR) is 35.8 cm³/mol. The van der Waals surface area contributed by atoms with E-state index in [4.69, 9.17) is 5.11 Å². The van der Waals surface area contributed by atoms with Crippen molar-refractivity contribution in [2.45, 2.75) is 32.0 Å². The van der Waals surface area contributed by atoms with Gasteiger partial charge in [0, 0.05) is 0 Å². The molecule has 11 heavy (non-hydrogen) atoms. The largest absolute Gasteiger partial charge is 0.453 e. The summed E-state index contributed by atoms with van der Waals surface area (Å²) in [7, 11) is 0. The lowest BCUT2D eigenvalue weighted by Crippen LogP contribution is -2.48. The number of Topliss-reactive ketones (excluding diaryl/α,β-unsaturated/α-hetero) is 1. The molecule has 1 heterocycles. The van der Waals surface area contributed by atoms with Gasteiger partial charge in [-0.25, -0.2) is 0 Å². The third-order valence-electron chi connectivity index (χ3n) is 1.52. The van der Waals surface area contributed by atoms with Crippen molar-refractivity contribution in [3.8, 4) is 0 Å². The van der Waals surface area contributed by atoms with Crippen molar-refractivity contribution in [1.29, 1.82) is 0 Å². The second kappa shape index (κ2) is 2.30. The summed E-state index contributed by atoms with van der Waals surface area (Å²) in [5.74, 6) is -0.815. The van der Waals surface area contributed by atoms with Gasteiger partial charge in [-0.15, -0.1) is 0 Å². The van der Waals surface area contributed by atoms with Crippen LogP contribution in [0.3, 0.4) is 0 Å². The van der Waals surface area contributed by atoms with E-state index in [2.05, 4.69) is 4.74 Å². The molecule has 0 spiro atoms. The summed E-state index contributed by atoms with van der Waals surface area (Å²) < 4.78 is 4.48. The lowest BCUT2D eigenvalue weighted by molar-refractivity contribution is -0.179. The van der Waals surface area contributed by atoms with Gasteiger partial charge >= 0.3 is 5.97 Å². The van der Waals surface area contributed by atoms with E-state index in [1.165, 1.54) is 13.8 Å². The topological polar surface area (TPSA) is 63.6 Å². The number of aliphatic hydroxyl groups is 1. The molecule has 1 rings (SSSR count). The fourth-order valence-corrected chi connectivity index (χ4v) is 0.841. The minimum Gasteiger partial charge on any atom is -0.453 e. The third-order valence-corrected chi connectivity index (χ3v) is 1.52. The SMILES string of the molecule is CC(C)(O)C(=O)C1CC(=O)O1. The summed E-state index contributed by atoms with van der Waals surface area (Å²) in [6, 6.07) is 0. The molecule has 0 bridgehead atoms. The number of carbonyl (C=O) groups excluding carboxylic acids is 2. The zero-order valence-electron chi connectivity index (χ0n) is 6.46. The molecule has 1 aliphatic heterocycles. The van der Waals surface area contributed by atoms with Crippen LogP contribution in [-0.4, -0.2) is 28.6 Å². The highest BCUT2D eigenvalue weighted by Crippen LogP contribution is 2.19. The Kier molecular flexibility index (Phi) is 1.72. The van der Waals surface area contributed by atoms with E-state index in [1.807, 2.05) is 0 Å². The van der Waals surface area contributed by atoms with Crippen LogP contribution in [0.25, 0.3) is 0 Å². The van der Waals surface area contributed by atoms with Gasteiger partial charge in [0.05, 0.1) is 6.42 Å². The predicted octanol–water partition coefficient (Wildman–Crippen LogP) is -0.358. The molecule has 1 aliphatic rings. The zero-order valence-corrected chi connectivity index (χ0v) is 6.46. The minimum absolute atomic E-state index is 0.100. The van der Waals surface area contributed by atoms with Crippen molar-refractivity contribution in [3.63, 3.8) is 0 Å². The average Bonchev–Trinajstić information content (AvgIpc) is 1.77. The van der Waals surface area contributed by atoms with E-state index in [-0.39, 0.29) is 12.4 Å². The van der Waals surface area contributed by atoms with Gasteiger partial charge in [-0.2, -0.15) is 0 Å². The van der Waals surface area contributed by atoms with Crippen LogP contribution in [0.1, 0.15) is 20.3 Å². The lowest BCUT2D eigenvalue weighted by atomic mass is 9.95. The molecule has 4 heteroatoms. The molecular formula is C7H10O4. The Bertz CT molecular complexity index is 193. The molecule has 0 saturated carbocycles. The summed E-state index contributed by atoms with van der Waals surface area (Å²) in [5.41, 5.74) is -1.40. The number of ketones is 1. The minimum atomic E-state index is -1.40. The highest BCUT2D eigenvalue weighted by Gasteiger charge is 2.41. The second-order valence-corrected chi connectivity index (χ2v) is 3.11. The van der Waals surface area contributed by atoms with Crippen LogP contribution in [0.15, 0.2) is 0 Å². The number of hydrogen-bond acceptors (Lipinski definition) is 4. The van der Waals surface area contributed by atoms with E-state index in [1.54, 1.807) is 0 Å². The molecule has 1 atom stereocenters. The van der Waals surface area contributed by atoms with Crippen LogP contribution >= 0.6 is 0 Å². The van der Waals surface area contributed by atoms with Crippen LogP contribution < -0.4 is 0 Å². The third kappa shape index (κ3) is 1.57. The first kappa shape index (κ1) is 8.20. The molecule has 0 aromatic rings. The van der Waals surface area contributed by atoms with Crippen molar-refractivity contribution in [1.82, 2.24) is 0 Å². The first-order valence-electron chi connectivity index (χ1n) is 3.37. The Morgan fingerprint density at radius 3 is 2.45 bits per heavy atom. The number of ether oxygens (including phenoxy) is 1. The molecule has 1 unspecified atom stereocenters. The van der Waals surface area contributed by atoms with Crippen molar-refractivity contribution in [2.75, 3.05) is 0 Å². The van der Waals surface area contributed by atoms with Crippen molar-refractivity contribution in [3.05, 3.63) is 0 Å². The highest BCUT2D eigenvalue weighted by molar-refractivity contribution is 5.97. The van der Waals surface area contributed by atoms with Crippen LogP contribution in [0.5, 0.6) is 0 Å². The van der Waals surface area contributed by atoms with Gasteiger partial charge in [0.2, 0.25) is 5.78 Å². The van der Waals surface area contributed by atoms with Gasteiger partial charge in [-0.3, -0.25) is 9.59 Å². The highest BCUT2D eigenvalue weighted by atomic mass is 16.6. The van der Waals surface area contributed by atoms with Gasteiger partial charge in [0.25, 0.3) is 0 Å². The lowest BCUT2D eigenvalue weighted by Gasteiger charge is -2.28. The molecule has 4 nitrogen and oxygen atoms in total. The maximum atomic E-state index is 11.1. The maximum absolute atomic E-state index is 11.1. The molecule has 0 aliphatic carbocycles. The summed E-state index contributed by atoms with van der Waals surface area (Å²) in [4.78, 5) is 21.4. The van der Waals surface area contributed by atoms with Crippen LogP contribution in [0, 0.1) is 0 Å². The number of esters is 1. The second-order valence-electron chi connectivity index (χ2n) is 3.11. The van der Waals surface area contributed by atoms with E-state index in [0.29, 0.717) is 0 Å². The fourth-order valence-electron chi connectivity index (χ4n) is 0.841. The smallest absolute Gasteiger partial charge is 0.310 e. The van der Waals surface area contributed by atoms with Gasteiger partial charge in [0.15, 0.2) is 6.10 Å². The number of rotatable bonds is 2. The molecule has 0 amide bonds. The fraction of sp³-hybridized carbons (Fsp3) is 0.714. The summed E-state index contributed by atoms with van der Waals surface area (Å²) in [6.07, 6.45) is -0.620. The van der Waals surface area contributed by atoms with Crippen molar-refractivity contribution < 1.29 is 19.4 Å². The normalized spacial score (nSPS) is 23.9. The molecule has 0 aromatic heterocycles. The Balaban J connectivity index is 2.51. The van der Waals surface area contributed by atoms with E-state index < -0.39 is 17.5 Å². The van der Waals surface area contributed by atoms with Gasteiger partial charge in [0.1, 0.15) is 5.60 Å². The molecule has 0 radical (unpaired) electrons. The summed E-state index contributed by atoms with van der Waals surface area (Å²) in [6.45, 7) is 2.75. The molecule has 62 valence electrons. The quantitative estimate of drug-likeness (QED) is 0.557. The van der Waals surface area contributed by atoms with Crippen molar-refractivity contribution >= 4 is 11.8 Å². The van der Waals surface area contributed by atoms with Crippen LogP contribution in [0.4, 0.5) is 0 Å². The standard InChI is InChI=1S/C7H10O4/c1-7(2,10)6(9)4-3-5(8)11-4/h4,10H,3H2,1-2H3. The van der Waals surface area contributed by atoms with Crippen LogP contribution in [-0.2, 0) is 14.3 Å². The molecule has 0 aromatic carbocycles. The Hall–Kier alpha value is -0.900. The van der Waals surface area contributed by atoms with Gasteiger partial charge in [-0.05, 0) is 13.8 Å². The van der Waals surface area contributed by atoms with Crippen LogP contribution in [0.2, 0.25) is 0 Å². The maximum Gasteiger partial charge on any atom is 0.310 e. The number of cyclic esters (lactones) is 1.